The highest BCUT2D eigenvalue weighted by Gasteiger charge is 2.45. The summed E-state index contributed by atoms with van der Waals surface area (Å²) in [4.78, 5) is 13.5. The second-order valence-corrected chi connectivity index (χ2v) is 7.51. The monoisotopic (exact) mass is 300 g/mol. The van der Waals surface area contributed by atoms with Gasteiger partial charge < -0.3 is 10.2 Å². The highest BCUT2D eigenvalue weighted by atomic mass is 35.5. The Morgan fingerprint density at radius 2 is 1.89 bits per heavy atom. The van der Waals surface area contributed by atoms with Crippen LogP contribution in [0.5, 0.6) is 0 Å². The van der Waals surface area contributed by atoms with Crippen LogP contribution in [0.15, 0.2) is 24.3 Å². The molecule has 2 atom stereocenters. The summed E-state index contributed by atoms with van der Waals surface area (Å²) in [6.07, 6.45) is 0. The maximum Gasteiger partial charge on any atom is 0.239 e. The van der Waals surface area contributed by atoms with E-state index in [-0.39, 0.29) is 36.0 Å². The third-order valence-electron chi connectivity index (χ3n) is 3.54. The molecule has 102 valence electrons. The van der Waals surface area contributed by atoms with Crippen molar-refractivity contribution < 1.29 is 13.2 Å². The second kappa shape index (κ2) is 4.38. The van der Waals surface area contributed by atoms with Gasteiger partial charge in [-0.05, 0) is 24.3 Å². The van der Waals surface area contributed by atoms with Gasteiger partial charge in [0, 0.05) is 10.7 Å². The Morgan fingerprint density at radius 3 is 2.58 bits per heavy atom. The van der Waals surface area contributed by atoms with Crippen molar-refractivity contribution in [3.8, 4) is 0 Å². The topological polar surface area (TPSA) is 66.5 Å². The average molecular weight is 301 g/mol. The van der Waals surface area contributed by atoms with Crippen molar-refractivity contribution in [1.82, 2.24) is 5.32 Å². The first kappa shape index (κ1) is 12.7. The van der Waals surface area contributed by atoms with Gasteiger partial charge in [-0.2, -0.15) is 0 Å². The SMILES string of the molecule is O=C1CN(c2ccc(Cl)cc2)[C@H]2CS(=O)(=O)C[C@@H]2N1. The molecule has 0 spiro atoms. The Kier molecular flexibility index (Phi) is 2.94. The van der Waals surface area contributed by atoms with Crippen LogP contribution in [0.4, 0.5) is 5.69 Å². The second-order valence-electron chi connectivity index (χ2n) is 4.92. The molecule has 2 heterocycles. The van der Waals surface area contributed by atoms with Crippen LogP contribution in [0.2, 0.25) is 5.02 Å². The summed E-state index contributed by atoms with van der Waals surface area (Å²) in [6.45, 7) is 0.179. The molecule has 1 N–H and O–H groups in total. The van der Waals surface area contributed by atoms with Crippen molar-refractivity contribution in [3.63, 3.8) is 0 Å². The maximum atomic E-state index is 11.7. The van der Waals surface area contributed by atoms with E-state index in [4.69, 9.17) is 11.6 Å². The molecule has 1 aromatic rings. The van der Waals surface area contributed by atoms with Gasteiger partial charge in [-0.25, -0.2) is 8.42 Å². The van der Waals surface area contributed by atoms with Crippen molar-refractivity contribution in [2.45, 2.75) is 12.1 Å². The van der Waals surface area contributed by atoms with Crippen LogP contribution in [0.1, 0.15) is 0 Å². The molecule has 1 aromatic carbocycles. The smallest absolute Gasteiger partial charge is 0.239 e. The van der Waals surface area contributed by atoms with Gasteiger partial charge in [-0.15, -0.1) is 0 Å². The molecule has 3 rings (SSSR count). The molecule has 0 unspecified atom stereocenters. The molecule has 0 aromatic heterocycles. The molecule has 2 saturated heterocycles. The zero-order valence-electron chi connectivity index (χ0n) is 10.0. The highest BCUT2D eigenvalue weighted by Crippen LogP contribution is 2.27. The third-order valence-corrected chi connectivity index (χ3v) is 5.51. The number of anilines is 1. The molecule has 5 nitrogen and oxygen atoms in total. The lowest BCUT2D eigenvalue weighted by Crippen LogP contribution is -2.60. The van der Waals surface area contributed by atoms with E-state index in [1.165, 1.54) is 0 Å². The zero-order chi connectivity index (χ0) is 13.6. The van der Waals surface area contributed by atoms with Crippen LogP contribution in [-0.4, -0.2) is 44.5 Å². The number of hydrogen-bond donors (Lipinski definition) is 1. The van der Waals surface area contributed by atoms with Gasteiger partial charge in [0.1, 0.15) is 0 Å². The number of sulfone groups is 1. The molecule has 7 heteroatoms. The molecule has 19 heavy (non-hydrogen) atoms. The summed E-state index contributed by atoms with van der Waals surface area (Å²) in [7, 11) is -3.08. The first-order valence-corrected chi connectivity index (χ1v) is 8.16. The van der Waals surface area contributed by atoms with E-state index < -0.39 is 9.84 Å². The maximum absolute atomic E-state index is 11.7. The Labute approximate surface area is 116 Å². The number of benzene rings is 1. The number of carbonyl (C=O) groups excluding carboxylic acids is 1. The Bertz CT molecular complexity index is 614. The van der Waals surface area contributed by atoms with Crippen LogP contribution >= 0.6 is 11.6 Å². The summed E-state index contributed by atoms with van der Waals surface area (Å²) in [6, 6.07) is 6.58. The van der Waals surface area contributed by atoms with E-state index in [2.05, 4.69) is 5.32 Å². The predicted molar refractivity (Wildman–Crippen MR) is 73.2 cm³/mol. The van der Waals surface area contributed by atoms with Crippen molar-refractivity contribution in [2.75, 3.05) is 23.0 Å². The standard InChI is InChI=1S/C12H13ClN2O3S/c13-8-1-3-9(4-2-8)15-5-12(16)14-10-6-19(17,18)7-11(10)15/h1-4,10-11H,5-7H2,(H,14,16)/t10-,11-/m0/s1. The molecule has 2 fully saturated rings. The van der Waals surface area contributed by atoms with Crippen molar-refractivity contribution in [2.24, 2.45) is 0 Å². The van der Waals surface area contributed by atoms with E-state index in [9.17, 15) is 13.2 Å². The summed E-state index contributed by atoms with van der Waals surface area (Å²) < 4.78 is 23.5. The molecule has 0 saturated carbocycles. The number of halogens is 1. The summed E-state index contributed by atoms with van der Waals surface area (Å²) >= 11 is 5.84. The lowest BCUT2D eigenvalue weighted by molar-refractivity contribution is -0.121. The van der Waals surface area contributed by atoms with Crippen molar-refractivity contribution in [3.05, 3.63) is 29.3 Å². The minimum atomic E-state index is -3.08. The van der Waals surface area contributed by atoms with E-state index in [0.717, 1.165) is 5.69 Å². The number of carbonyl (C=O) groups is 1. The number of nitrogens with zero attached hydrogens (tertiary/aromatic N) is 1. The molecule has 2 aliphatic heterocycles. The molecule has 0 bridgehead atoms. The van der Waals surface area contributed by atoms with Crippen LogP contribution in [0.3, 0.4) is 0 Å². The molecular weight excluding hydrogens is 288 g/mol. The Hall–Kier alpha value is -1.27. The Morgan fingerprint density at radius 1 is 1.21 bits per heavy atom. The van der Waals surface area contributed by atoms with Crippen LogP contribution in [0, 0.1) is 0 Å². The minimum absolute atomic E-state index is 0.0213. The first-order chi connectivity index (χ1) is 8.94. The summed E-state index contributed by atoms with van der Waals surface area (Å²) in [5, 5.41) is 3.37. The lowest BCUT2D eigenvalue weighted by Gasteiger charge is -2.38. The largest absolute Gasteiger partial charge is 0.356 e. The number of piperazine rings is 1. The van der Waals surface area contributed by atoms with Gasteiger partial charge >= 0.3 is 0 Å². The van der Waals surface area contributed by atoms with Crippen LogP contribution in [0.25, 0.3) is 0 Å². The molecule has 0 radical (unpaired) electrons. The quantitative estimate of drug-likeness (QED) is 0.817. The van der Waals surface area contributed by atoms with Gasteiger partial charge in [0.05, 0.1) is 30.1 Å². The van der Waals surface area contributed by atoms with Gasteiger partial charge in [0.2, 0.25) is 5.91 Å². The fourth-order valence-electron chi connectivity index (χ4n) is 2.71. The van der Waals surface area contributed by atoms with Crippen LogP contribution < -0.4 is 10.2 Å². The van der Waals surface area contributed by atoms with Gasteiger partial charge in [-0.3, -0.25) is 4.79 Å². The number of fused-ring (bicyclic) bond motifs is 1. The summed E-state index contributed by atoms with van der Waals surface area (Å²) in [5.41, 5.74) is 0.825. The van der Waals surface area contributed by atoms with E-state index in [1.54, 1.807) is 12.1 Å². The van der Waals surface area contributed by atoms with E-state index >= 15 is 0 Å². The predicted octanol–water partition coefficient (Wildman–Crippen LogP) is 0.442. The normalized spacial score (nSPS) is 28.9. The van der Waals surface area contributed by atoms with Crippen molar-refractivity contribution in [1.29, 1.82) is 0 Å². The van der Waals surface area contributed by atoms with E-state index in [0.29, 0.717) is 5.02 Å². The minimum Gasteiger partial charge on any atom is -0.356 e. The lowest BCUT2D eigenvalue weighted by atomic mass is 10.1. The van der Waals surface area contributed by atoms with Gasteiger partial charge in [0.15, 0.2) is 9.84 Å². The molecule has 1 amide bonds. The zero-order valence-corrected chi connectivity index (χ0v) is 11.6. The highest BCUT2D eigenvalue weighted by molar-refractivity contribution is 7.91. The summed E-state index contributed by atoms with van der Waals surface area (Å²) in [5.74, 6) is -0.0399. The van der Waals surface area contributed by atoms with Crippen LogP contribution in [-0.2, 0) is 14.6 Å². The first-order valence-electron chi connectivity index (χ1n) is 5.97. The molecule has 0 aliphatic carbocycles. The number of hydrogen-bond acceptors (Lipinski definition) is 4. The molecule has 2 aliphatic rings. The Balaban J connectivity index is 1.95. The fourth-order valence-corrected chi connectivity index (χ4v) is 4.76. The van der Waals surface area contributed by atoms with Gasteiger partial charge in [0.25, 0.3) is 0 Å². The van der Waals surface area contributed by atoms with Crippen molar-refractivity contribution >= 4 is 33.0 Å². The molecular formula is C12H13ClN2O3S. The average Bonchev–Trinajstić information content (AvgIpc) is 2.63. The van der Waals surface area contributed by atoms with Gasteiger partial charge in [-0.1, -0.05) is 11.6 Å². The number of amides is 1. The number of nitrogens with one attached hydrogen (secondary N) is 1. The third kappa shape index (κ3) is 2.42. The number of rotatable bonds is 1. The fraction of sp³-hybridized carbons (Fsp3) is 0.417. The van der Waals surface area contributed by atoms with E-state index in [1.807, 2.05) is 17.0 Å².